The van der Waals surface area contributed by atoms with Gasteiger partial charge in [-0.1, -0.05) is 37.5 Å². The van der Waals surface area contributed by atoms with Crippen molar-refractivity contribution >= 4 is 10.9 Å². The normalized spacial score (nSPS) is 18.9. The zero-order chi connectivity index (χ0) is 12.4. The van der Waals surface area contributed by atoms with Gasteiger partial charge in [-0.05, 0) is 36.5 Å². The summed E-state index contributed by atoms with van der Waals surface area (Å²) in [6.45, 7) is 0. The summed E-state index contributed by atoms with van der Waals surface area (Å²) in [6, 6.07) is 10.7. The molecule has 18 heavy (non-hydrogen) atoms. The molecule has 3 rings (SSSR count). The molecule has 0 aliphatic heterocycles. The average Bonchev–Trinajstić information content (AvgIpc) is 2.47. The van der Waals surface area contributed by atoms with E-state index >= 15 is 0 Å². The summed E-state index contributed by atoms with van der Waals surface area (Å²) in [5.74, 6) is 0.653. The van der Waals surface area contributed by atoms with Gasteiger partial charge < -0.3 is 5.73 Å². The summed E-state index contributed by atoms with van der Waals surface area (Å²) in [5.41, 5.74) is 8.73. The smallest absolute Gasteiger partial charge is 0.0705 e. The predicted molar refractivity (Wildman–Crippen MR) is 75.2 cm³/mol. The molecule has 1 aliphatic carbocycles. The van der Waals surface area contributed by atoms with Crippen LogP contribution in [0.2, 0.25) is 0 Å². The van der Waals surface area contributed by atoms with E-state index in [4.69, 9.17) is 5.73 Å². The van der Waals surface area contributed by atoms with Crippen molar-refractivity contribution in [3.8, 4) is 0 Å². The topological polar surface area (TPSA) is 38.9 Å². The highest BCUT2D eigenvalue weighted by atomic mass is 14.7. The zero-order valence-corrected chi connectivity index (χ0v) is 10.7. The Morgan fingerprint density at radius 2 is 1.94 bits per heavy atom. The van der Waals surface area contributed by atoms with Crippen molar-refractivity contribution in [3.63, 3.8) is 0 Å². The Morgan fingerprint density at radius 1 is 1.11 bits per heavy atom. The standard InChI is InChI=1S/C16H20N2/c17-16(13-5-2-1-3-6-13)14-9-8-12-7-4-10-18-15(12)11-14/h4,7-11,13,16H,1-3,5-6,17H2. The number of hydrogen-bond donors (Lipinski definition) is 1. The Kier molecular flexibility index (Phi) is 3.28. The molecule has 2 heteroatoms. The lowest BCUT2D eigenvalue weighted by molar-refractivity contribution is 0.308. The Bertz CT molecular complexity index is 529. The lowest BCUT2D eigenvalue weighted by Gasteiger charge is -2.27. The summed E-state index contributed by atoms with van der Waals surface area (Å²) in [4.78, 5) is 4.41. The van der Waals surface area contributed by atoms with Crippen molar-refractivity contribution in [2.24, 2.45) is 11.7 Å². The minimum Gasteiger partial charge on any atom is -0.324 e. The van der Waals surface area contributed by atoms with Gasteiger partial charge >= 0.3 is 0 Å². The summed E-state index contributed by atoms with van der Waals surface area (Å²) in [7, 11) is 0. The van der Waals surface area contributed by atoms with Crippen LogP contribution in [-0.4, -0.2) is 4.98 Å². The highest BCUT2D eigenvalue weighted by Gasteiger charge is 2.21. The molecule has 94 valence electrons. The van der Waals surface area contributed by atoms with Crippen molar-refractivity contribution in [1.82, 2.24) is 4.98 Å². The lowest BCUT2D eigenvalue weighted by Crippen LogP contribution is -2.23. The van der Waals surface area contributed by atoms with E-state index in [1.54, 1.807) is 0 Å². The van der Waals surface area contributed by atoms with Crippen molar-refractivity contribution < 1.29 is 0 Å². The third kappa shape index (κ3) is 2.25. The lowest BCUT2D eigenvalue weighted by atomic mass is 9.81. The van der Waals surface area contributed by atoms with E-state index in [0.29, 0.717) is 5.92 Å². The van der Waals surface area contributed by atoms with Crippen LogP contribution in [0, 0.1) is 5.92 Å². The van der Waals surface area contributed by atoms with Gasteiger partial charge in [0.1, 0.15) is 0 Å². The van der Waals surface area contributed by atoms with Gasteiger partial charge in [-0.3, -0.25) is 4.98 Å². The maximum absolute atomic E-state index is 6.43. The predicted octanol–water partition coefficient (Wildman–Crippen LogP) is 3.81. The first kappa shape index (κ1) is 11.7. The van der Waals surface area contributed by atoms with Gasteiger partial charge in [0.15, 0.2) is 0 Å². The Hall–Kier alpha value is -1.41. The minimum atomic E-state index is 0.178. The first-order valence-electron chi connectivity index (χ1n) is 6.95. The van der Waals surface area contributed by atoms with Crippen LogP contribution < -0.4 is 5.73 Å². The van der Waals surface area contributed by atoms with Gasteiger partial charge in [0.25, 0.3) is 0 Å². The van der Waals surface area contributed by atoms with E-state index in [9.17, 15) is 0 Å². The number of hydrogen-bond acceptors (Lipinski definition) is 2. The van der Waals surface area contributed by atoms with E-state index in [0.717, 1.165) is 5.52 Å². The van der Waals surface area contributed by atoms with E-state index in [1.807, 2.05) is 12.3 Å². The molecule has 2 aromatic rings. The molecular weight excluding hydrogens is 220 g/mol. The van der Waals surface area contributed by atoms with Gasteiger partial charge in [-0.2, -0.15) is 0 Å². The van der Waals surface area contributed by atoms with Gasteiger partial charge in [0.2, 0.25) is 0 Å². The fourth-order valence-electron chi connectivity index (χ4n) is 3.06. The molecule has 0 bridgehead atoms. The van der Waals surface area contributed by atoms with Crippen molar-refractivity contribution in [1.29, 1.82) is 0 Å². The number of benzene rings is 1. The first-order valence-corrected chi connectivity index (χ1v) is 6.95. The number of nitrogens with two attached hydrogens (primary N) is 1. The maximum Gasteiger partial charge on any atom is 0.0705 e. The van der Waals surface area contributed by atoms with Crippen LogP contribution in [0.4, 0.5) is 0 Å². The molecule has 0 radical (unpaired) electrons. The molecular formula is C16H20N2. The van der Waals surface area contributed by atoms with Crippen LogP contribution in [-0.2, 0) is 0 Å². The number of rotatable bonds is 2. The number of pyridine rings is 1. The van der Waals surface area contributed by atoms with Crippen LogP contribution in [0.3, 0.4) is 0 Å². The minimum absolute atomic E-state index is 0.178. The number of fused-ring (bicyclic) bond motifs is 1. The second-order valence-electron chi connectivity index (χ2n) is 5.38. The molecule has 1 unspecified atom stereocenters. The first-order chi connectivity index (χ1) is 8.84. The monoisotopic (exact) mass is 240 g/mol. The second-order valence-corrected chi connectivity index (χ2v) is 5.38. The van der Waals surface area contributed by atoms with Crippen LogP contribution in [0.15, 0.2) is 36.5 Å². The number of aromatic nitrogens is 1. The molecule has 1 heterocycles. The van der Waals surface area contributed by atoms with Crippen molar-refractivity contribution in [2.45, 2.75) is 38.1 Å². The Balaban J connectivity index is 1.88. The van der Waals surface area contributed by atoms with Crippen LogP contribution >= 0.6 is 0 Å². The summed E-state index contributed by atoms with van der Waals surface area (Å²) >= 11 is 0. The molecule has 0 amide bonds. The molecule has 1 aliphatic rings. The molecule has 2 nitrogen and oxygen atoms in total. The molecule has 1 aromatic heterocycles. The summed E-state index contributed by atoms with van der Waals surface area (Å²) in [5, 5.41) is 1.19. The second kappa shape index (κ2) is 5.07. The van der Waals surface area contributed by atoms with E-state index < -0.39 is 0 Å². The SMILES string of the molecule is NC(c1ccc2cccnc2c1)C1CCCCC1. The summed E-state index contributed by atoms with van der Waals surface area (Å²) in [6.07, 6.45) is 8.46. The third-order valence-electron chi connectivity index (χ3n) is 4.17. The highest BCUT2D eigenvalue weighted by molar-refractivity contribution is 5.78. The molecule has 1 fully saturated rings. The van der Waals surface area contributed by atoms with E-state index in [2.05, 4.69) is 29.2 Å². The zero-order valence-electron chi connectivity index (χ0n) is 10.7. The number of nitrogens with zero attached hydrogens (tertiary/aromatic N) is 1. The van der Waals surface area contributed by atoms with E-state index in [-0.39, 0.29) is 6.04 Å². The van der Waals surface area contributed by atoms with Gasteiger partial charge in [0, 0.05) is 17.6 Å². The molecule has 1 saturated carbocycles. The largest absolute Gasteiger partial charge is 0.324 e. The quantitative estimate of drug-likeness (QED) is 0.866. The molecule has 2 N–H and O–H groups in total. The maximum atomic E-state index is 6.43. The van der Waals surface area contributed by atoms with Crippen LogP contribution in [0.5, 0.6) is 0 Å². The van der Waals surface area contributed by atoms with Gasteiger partial charge in [-0.15, -0.1) is 0 Å². The fourth-order valence-corrected chi connectivity index (χ4v) is 3.06. The molecule has 0 spiro atoms. The summed E-state index contributed by atoms with van der Waals surface area (Å²) < 4.78 is 0. The van der Waals surface area contributed by atoms with Crippen LogP contribution in [0.1, 0.15) is 43.7 Å². The average molecular weight is 240 g/mol. The fraction of sp³-hybridized carbons (Fsp3) is 0.438. The van der Waals surface area contributed by atoms with Crippen LogP contribution in [0.25, 0.3) is 10.9 Å². The van der Waals surface area contributed by atoms with Crippen molar-refractivity contribution in [3.05, 3.63) is 42.1 Å². The van der Waals surface area contributed by atoms with Gasteiger partial charge in [-0.25, -0.2) is 0 Å². The van der Waals surface area contributed by atoms with Gasteiger partial charge in [0.05, 0.1) is 5.52 Å². The van der Waals surface area contributed by atoms with E-state index in [1.165, 1.54) is 43.1 Å². The Labute approximate surface area is 108 Å². The Morgan fingerprint density at radius 3 is 2.78 bits per heavy atom. The third-order valence-corrected chi connectivity index (χ3v) is 4.17. The molecule has 0 saturated heterocycles. The highest BCUT2D eigenvalue weighted by Crippen LogP contribution is 2.33. The molecule has 1 aromatic carbocycles. The molecule has 1 atom stereocenters. The van der Waals surface area contributed by atoms with Crippen molar-refractivity contribution in [2.75, 3.05) is 0 Å².